The molecule has 0 heterocycles. The normalized spacial score (nSPS) is 20.7. The highest BCUT2D eigenvalue weighted by atomic mass is 19.1. The van der Waals surface area contributed by atoms with Gasteiger partial charge in [0.2, 0.25) is 0 Å². The van der Waals surface area contributed by atoms with E-state index in [1.807, 2.05) is 12.1 Å². The third kappa shape index (κ3) is 6.27. The van der Waals surface area contributed by atoms with Crippen LogP contribution in [0.4, 0.5) is 4.39 Å². The highest BCUT2D eigenvalue weighted by Gasteiger charge is 2.20. The Bertz CT molecular complexity index is 523. The summed E-state index contributed by atoms with van der Waals surface area (Å²) in [7, 11) is 0. The van der Waals surface area contributed by atoms with Crippen molar-refractivity contribution in [3.63, 3.8) is 0 Å². The molecule has 1 saturated carbocycles. The van der Waals surface area contributed by atoms with Gasteiger partial charge in [-0.3, -0.25) is 0 Å². The van der Waals surface area contributed by atoms with Crippen molar-refractivity contribution in [3.8, 4) is 6.07 Å². The lowest BCUT2D eigenvalue weighted by Gasteiger charge is -2.28. The Morgan fingerprint density at radius 1 is 1.00 bits per heavy atom. The average molecular weight is 330 g/mol. The summed E-state index contributed by atoms with van der Waals surface area (Å²) in [5, 5.41) is 8.78. The summed E-state index contributed by atoms with van der Waals surface area (Å²) in [6.07, 6.45) is 16.0. The molecule has 0 saturated heterocycles. The molecule has 2 rings (SSSR count). The zero-order valence-corrected chi connectivity index (χ0v) is 15.2. The topological polar surface area (TPSA) is 23.8 Å². The smallest absolute Gasteiger partial charge is 0.141 e. The first-order valence-corrected chi connectivity index (χ1v) is 9.91. The molecule has 0 aromatic heterocycles. The summed E-state index contributed by atoms with van der Waals surface area (Å²) >= 11 is 0. The molecule has 1 aliphatic rings. The average Bonchev–Trinajstić information content (AvgIpc) is 2.61. The Balaban J connectivity index is 1.63. The van der Waals surface area contributed by atoms with Crippen LogP contribution >= 0.6 is 0 Å². The Kier molecular flexibility index (Phi) is 8.29. The van der Waals surface area contributed by atoms with E-state index in [4.69, 9.17) is 5.26 Å². The number of rotatable bonds is 9. The number of halogens is 1. The maximum Gasteiger partial charge on any atom is 0.141 e. The summed E-state index contributed by atoms with van der Waals surface area (Å²) in [4.78, 5) is 0. The molecule has 1 aromatic rings. The van der Waals surface area contributed by atoms with Crippen molar-refractivity contribution < 1.29 is 4.39 Å². The second kappa shape index (κ2) is 10.5. The predicted octanol–water partition coefficient (Wildman–Crippen LogP) is 6.80. The van der Waals surface area contributed by atoms with Crippen molar-refractivity contribution >= 4 is 0 Å². The number of nitriles is 1. The molecular formula is C22H32FN. The number of hydrogen-bond acceptors (Lipinski definition) is 1. The van der Waals surface area contributed by atoms with Gasteiger partial charge >= 0.3 is 0 Å². The van der Waals surface area contributed by atoms with Crippen LogP contribution in [-0.2, 0) is 6.42 Å². The molecule has 1 fully saturated rings. The standard InChI is InChI=1S/C22H32FN/c1-2-3-4-5-6-7-18-8-10-19(11-9-18)12-13-20-14-15-21(17-24)22(23)16-20/h14-16,18-19H,2-13H2,1H3/t18-,19-. The summed E-state index contributed by atoms with van der Waals surface area (Å²) in [6.45, 7) is 2.27. The number of benzene rings is 1. The Morgan fingerprint density at radius 3 is 2.29 bits per heavy atom. The number of nitrogens with zero attached hydrogens (tertiary/aromatic N) is 1. The van der Waals surface area contributed by atoms with Crippen molar-refractivity contribution in [1.82, 2.24) is 0 Å². The van der Waals surface area contributed by atoms with Gasteiger partial charge in [0.1, 0.15) is 11.9 Å². The van der Waals surface area contributed by atoms with Gasteiger partial charge in [0, 0.05) is 0 Å². The van der Waals surface area contributed by atoms with E-state index in [0.29, 0.717) is 0 Å². The van der Waals surface area contributed by atoms with Crippen LogP contribution in [0.2, 0.25) is 0 Å². The van der Waals surface area contributed by atoms with Crippen LogP contribution in [0, 0.1) is 29.0 Å². The van der Waals surface area contributed by atoms with Gasteiger partial charge in [-0.2, -0.15) is 5.26 Å². The number of aryl methyl sites for hydroxylation is 1. The molecule has 0 amide bonds. The zero-order chi connectivity index (χ0) is 17.2. The van der Waals surface area contributed by atoms with Crippen LogP contribution in [0.3, 0.4) is 0 Å². The molecule has 24 heavy (non-hydrogen) atoms. The second-order valence-corrected chi connectivity index (χ2v) is 7.55. The molecule has 0 atom stereocenters. The van der Waals surface area contributed by atoms with Gasteiger partial charge < -0.3 is 0 Å². The summed E-state index contributed by atoms with van der Waals surface area (Å²) in [5.41, 5.74) is 1.18. The van der Waals surface area contributed by atoms with Crippen molar-refractivity contribution in [2.24, 2.45) is 11.8 Å². The van der Waals surface area contributed by atoms with Crippen LogP contribution in [-0.4, -0.2) is 0 Å². The molecule has 1 aromatic carbocycles. The molecule has 132 valence electrons. The van der Waals surface area contributed by atoms with Crippen LogP contribution in [0.15, 0.2) is 18.2 Å². The zero-order valence-electron chi connectivity index (χ0n) is 15.2. The lowest BCUT2D eigenvalue weighted by atomic mass is 9.77. The third-order valence-electron chi connectivity index (χ3n) is 5.68. The van der Waals surface area contributed by atoms with E-state index < -0.39 is 0 Å². The maximum absolute atomic E-state index is 13.6. The highest BCUT2D eigenvalue weighted by Crippen LogP contribution is 2.34. The molecule has 0 bridgehead atoms. The van der Waals surface area contributed by atoms with Crippen molar-refractivity contribution in [1.29, 1.82) is 5.26 Å². The minimum atomic E-state index is -0.373. The molecule has 0 radical (unpaired) electrons. The Morgan fingerprint density at radius 2 is 1.67 bits per heavy atom. The van der Waals surface area contributed by atoms with Gasteiger partial charge in [-0.25, -0.2) is 4.39 Å². The quantitative estimate of drug-likeness (QED) is 0.457. The monoisotopic (exact) mass is 329 g/mol. The Hall–Kier alpha value is -1.36. The van der Waals surface area contributed by atoms with E-state index in [9.17, 15) is 4.39 Å². The van der Waals surface area contributed by atoms with Gasteiger partial charge in [-0.05, 0) is 42.4 Å². The van der Waals surface area contributed by atoms with Gasteiger partial charge in [0.25, 0.3) is 0 Å². The van der Waals surface area contributed by atoms with E-state index >= 15 is 0 Å². The Labute approximate surface area is 147 Å². The molecule has 2 heteroatoms. The number of hydrogen-bond donors (Lipinski definition) is 0. The summed E-state index contributed by atoms with van der Waals surface area (Å²) in [5.74, 6) is 1.39. The van der Waals surface area contributed by atoms with Crippen LogP contribution in [0.25, 0.3) is 0 Å². The summed E-state index contributed by atoms with van der Waals surface area (Å²) in [6, 6.07) is 6.95. The van der Waals surface area contributed by atoms with Gasteiger partial charge in [0.05, 0.1) is 5.56 Å². The van der Waals surface area contributed by atoms with Crippen molar-refractivity contribution in [3.05, 3.63) is 35.1 Å². The highest BCUT2D eigenvalue weighted by molar-refractivity contribution is 5.33. The van der Waals surface area contributed by atoms with Crippen LogP contribution in [0.5, 0.6) is 0 Å². The minimum Gasteiger partial charge on any atom is -0.206 e. The van der Waals surface area contributed by atoms with E-state index in [1.165, 1.54) is 64.2 Å². The molecular weight excluding hydrogens is 297 g/mol. The van der Waals surface area contributed by atoms with Crippen molar-refractivity contribution in [2.45, 2.75) is 84.0 Å². The van der Waals surface area contributed by atoms with E-state index in [2.05, 4.69) is 6.92 Å². The van der Waals surface area contributed by atoms with E-state index in [1.54, 1.807) is 12.1 Å². The largest absolute Gasteiger partial charge is 0.206 e. The molecule has 0 unspecified atom stereocenters. The maximum atomic E-state index is 13.6. The van der Waals surface area contributed by atoms with Crippen LogP contribution < -0.4 is 0 Å². The molecule has 1 nitrogen and oxygen atoms in total. The SMILES string of the molecule is CCCCCCC[C@H]1CC[C@H](CCc2ccc(C#N)c(F)c2)CC1. The van der Waals surface area contributed by atoms with Gasteiger partial charge in [0.15, 0.2) is 0 Å². The lowest BCUT2D eigenvalue weighted by Crippen LogP contribution is -2.15. The van der Waals surface area contributed by atoms with Gasteiger partial charge in [-0.15, -0.1) is 0 Å². The fourth-order valence-corrected chi connectivity index (χ4v) is 4.02. The molecule has 0 N–H and O–H groups in total. The van der Waals surface area contributed by atoms with E-state index in [0.717, 1.165) is 30.2 Å². The lowest BCUT2D eigenvalue weighted by molar-refractivity contribution is 0.248. The fourth-order valence-electron chi connectivity index (χ4n) is 4.02. The second-order valence-electron chi connectivity index (χ2n) is 7.55. The van der Waals surface area contributed by atoms with Crippen LogP contribution in [0.1, 0.15) is 88.7 Å². The first-order valence-electron chi connectivity index (χ1n) is 9.91. The summed E-state index contributed by atoms with van der Waals surface area (Å²) < 4.78 is 13.6. The van der Waals surface area contributed by atoms with Crippen molar-refractivity contribution in [2.75, 3.05) is 0 Å². The molecule has 0 spiro atoms. The third-order valence-corrected chi connectivity index (χ3v) is 5.68. The minimum absolute atomic E-state index is 0.151. The molecule has 1 aliphatic carbocycles. The first-order chi connectivity index (χ1) is 11.7. The molecule has 0 aliphatic heterocycles. The fraction of sp³-hybridized carbons (Fsp3) is 0.682. The first kappa shape index (κ1) is 19.0. The predicted molar refractivity (Wildman–Crippen MR) is 98.3 cm³/mol. The number of unbranched alkanes of at least 4 members (excludes halogenated alkanes) is 4. The van der Waals surface area contributed by atoms with Gasteiger partial charge in [-0.1, -0.05) is 77.2 Å². The van der Waals surface area contributed by atoms with E-state index in [-0.39, 0.29) is 11.4 Å².